The Hall–Kier alpha value is -2.36. The summed E-state index contributed by atoms with van der Waals surface area (Å²) in [4.78, 5) is 25.2. The second-order valence-corrected chi connectivity index (χ2v) is 9.21. The van der Waals surface area contributed by atoms with Crippen LogP contribution in [0.4, 0.5) is 0 Å². The van der Waals surface area contributed by atoms with Gasteiger partial charge in [-0.05, 0) is 81.2 Å². The van der Waals surface area contributed by atoms with Crippen LogP contribution >= 0.6 is 0 Å². The van der Waals surface area contributed by atoms with Crippen LogP contribution in [0.15, 0.2) is 36.4 Å². The summed E-state index contributed by atoms with van der Waals surface area (Å²) in [6.45, 7) is 4.31. The Bertz CT molecular complexity index is 902. The van der Waals surface area contributed by atoms with E-state index in [4.69, 9.17) is 9.47 Å². The van der Waals surface area contributed by atoms with Gasteiger partial charge in [0.25, 0.3) is 0 Å². The number of benzene rings is 2. The van der Waals surface area contributed by atoms with Gasteiger partial charge in [0, 0.05) is 5.39 Å². The number of esters is 2. The molecule has 0 spiro atoms. The molecule has 0 heterocycles. The number of hydrogen-bond donors (Lipinski definition) is 0. The maximum absolute atomic E-state index is 12.8. The SMILES string of the molecule is Cc1ccc(OC(=O)C2CCC(OC(=O)C3CCC(C)CC3)CC2)c2ccccc12. The first-order chi connectivity index (χ1) is 14.5. The first-order valence-electron chi connectivity index (χ1n) is 11.4. The van der Waals surface area contributed by atoms with Crippen molar-refractivity contribution in [3.63, 3.8) is 0 Å². The largest absolute Gasteiger partial charge is 0.462 e. The van der Waals surface area contributed by atoms with Crippen LogP contribution in [-0.4, -0.2) is 18.0 Å². The van der Waals surface area contributed by atoms with Gasteiger partial charge >= 0.3 is 11.9 Å². The smallest absolute Gasteiger partial charge is 0.314 e. The Labute approximate surface area is 178 Å². The summed E-state index contributed by atoms with van der Waals surface area (Å²) < 4.78 is 11.6. The van der Waals surface area contributed by atoms with E-state index in [0.717, 1.165) is 55.2 Å². The van der Waals surface area contributed by atoms with Crippen LogP contribution in [0, 0.1) is 24.7 Å². The summed E-state index contributed by atoms with van der Waals surface area (Å²) in [6.07, 6.45) is 6.98. The van der Waals surface area contributed by atoms with Crippen LogP contribution in [0.25, 0.3) is 10.8 Å². The molecule has 4 nitrogen and oxygen atoms in total. The first-order valence-corrected chi connectivity index (χ1v) is 11.4. The van der Waals surface area contributed by atoms with Crippen molar-refractivity contribution in [3.8, 4) is 5.75 Å². The van der Waals surface area contributed by atoms with Gasteiger partial charge in [-0.2, -0.15) is 0 Å². The van der Waals surface area contributed by atoms with Gasteiger partial charge in [0.2, 0.25) is 0 Å². The Balaban J connectivity index is 1.30. The van der Waals surface area contributed by atoms with Gasteiger partial charge < -0.3 is 9.47 Å². The molecule has 0 radical (unpaired) electrons. The first kappa shape index (κ1) is 20.9. The van der Waals surface area contributed by atoms with E-state index in [1.165, 1.54) is 5.56 Å². The fraction of sp³-hybridized carbons (Fsp3) is 0.538. The van der Waals surface area contributed by atoms with E-state index in [0.29, 0.717) is 18.6 Å². The van der Waals surface area contributed by atoms with E-state index < -0.39 is 0 Å². The van der Waals surface area contributed by atoms with Crippen molar-refractivity contribution in [2.45, 2.75) is 71.3 Å². The van der Waals surface area contributed by atoms with Crippen LogP contribution in [-0.2, 0) is 14.3 Å². The monoisotopic (exact) mass is 408 g/mol. The summed E-state index contributed by atoms with van der Waals surface area (Å²) in [6, 6.07) is 11.9. The fourth-order valence-corrected chi connectivity index (χ4v) is 4.88. The van der Waals surface area contributed by atoms with Gasteiger partial charge in [-0.25, -0.2) is 0 Å². The molecule has 0 bridgehead atoms. The number of hydrogen-bond acceptors (Lipinski definition) is 4. The highest BCUT2D eigenvalue weighted by Gasteiger charge is 2.32. The lowest BCUT2D eigenvalue weighted by Crippen LogP contribution is -2.32. The number of carbonyl (C=O) groups is 2. The highest BCUT2D eigenvalue weighted by Crippen LogP contribution is 2.33. The molecule has 2 aliphatic rings. The molecule has 4 rings (SSSR count). The minimum Gasteiger partial charge on any atom is -0.462 e. The number of fused-ring (bicyclic) bond motifs is 1. The summed E-state index contributed by atoms with van der Waals surface area (Å²) in [5.74, 6) is 1.09. The van der Waals surface area contributed by atoms with Crippen LogP contribution in [0.1, 0.15) is 63.9 Å². The van der Waals surface area contributed by atoms with E-state index in [9.17, 15) is 9.59 Å². The predicted octanol–water partition coefficient (Wildman–Crippen LogP) is 5.98. The fourth-order valence-electron chi connectivity index (χ4n) is 4.88. The van der Waals surface area contributed by atoms with E-state index >= 15 is 0 Å². The van der Waals surface area contributed by atoms with E-state index in [-0.39, 0.29) is 29.9 Å². The van der Waals surface area contributed by atoms with Crippen molar-refractivity contribution >= 4 is 22.7 Å². The summed E-state index contributed by atoms with van der Waals surface area (Å²) >= 11 is 0. The van der Waals surface area contributed by atoms with Crippen molar-refractivity contribution in [3.05, 3.63) is 42.0 Å². The van der Waals surface area contributed by atoms with Gasteiger partial charge in [0.15, 0.2) is 0 Å². The third-order valence-electron chi connectivity index (χ3n) is 6.95. The molecular weight excluding hydrogens is 376 g/mol. The maximum atomic E-state index is 12.8. The van der Waals surface area contributed by atoms with Crippen LogP contribution in [0.5, 0.6) is 5.75 Å². The molecule has 2 saturated carbocycles. The van der Waals surface area contributed by atoms with Gasteiger partial charge in [0.05, 0.1) is 11.8 Å². The molecule has 2 aliphatic carbocycles. The van der Waals surface area contributed by atoms with Gasteiger partial charge in [-0.15, -0.1) is 0 Å². The topological polar surface area (TPSA) is 52.6 Å². The third kappa shape index (κ3) is 4.69. The normalized spacial score (nSPS) is 26.9. The highest BCUT2D eigenvalue weighted by atomic mass is 16.5. The molecule has 0 aromatic heterocycles. The molecule has 0 aliphatic heterocycles. The summed E-state index contributed by atoms with van der Waals surface area (Å²) in [7, 11) is 0. The van der Waals surface area contributed by atoms with Crippen molar-refractivity contribution in [1.82, 2.24) is 0 Å². The minimum absolute atomic E-state index is 0.0287. The van der Waals surface area contributed by atoms with Gasteiger partial charge in [-0.3, -0.25) is 9.59 Å². The third-order valence-corrected chi connectivity index (χ3v) is 6.95. The molecule has 0 atom stereocenters. The molecule has 2 aromatic carbocycles. The van der Waals surface area contributed by atoms with E-state index in [1.54, 1.807) is 0 Å². The lowest BCUT2D eigenvalue weighted by molar-refractivity contribution is -0.158. The minimum atomic E-state index is -0.171. The molecular formula is C26H32O4. The van der Waals surface area contributed by atoms with Crippen molar-refractivity contribution < 1.29 is 19.1 Å². The number of aryl methyl sites for hydroxylation is 1. The van der Waals surface area contributed by atoms with Crippen LogP contribution in [0.3, 0.4) is 0 Å². The lowest BCUT2D eigenvalue weighted by Gasteiger charge is -2.30. The Morgan fingerprint density at radius 3 is 2.07 bits per heavy atom. The number of ether oxygens (including phenoxy) is 2. The Morgan fingerprint density at radius 2 is 1.37 bits per heavy atom. The predicted molar refractivity (Wildman–Crippen MR) is 117 cm³/mol. The molecule has 30 heavy (non-hydrogen) atoms. The van der Waals surface area contributed by atoms with Crippen LogP contribution < -0.4 is 4.74 Å². The second-order valence-electron chi connectivity index (χ2n) is 9.21. The molecule has 2 aromatic rings. The number of rotatable bonds is 4. The van der Waals surface area contributed by atoms with Crippen molar-refractivity contribution in [1.29, 1.82) is 0 Å². The molecule has 0 N–H and O–H groups in total. The molecule has 4 heteroatoms. The van der Waals surface area contributed by atoms with E-state index in [1.807, 2.05) is 30.3 Å². The molecule has 160 valence electrons. The molecule has 0 saturated heterocycles. The van der Waals surface area contributed by atoms with Crippen molar-refractivity contribution in [2.75, 3.05) is 0 Å². The lowest BCUT2D eigenvalue weighted by atomic mass is 9.83. The Kier molecular flexibility index (Phi) is 6.40. The standard InChI is InChI=1S/C26H32O4/c1-17-7-10-19(11-8-17)25(27)29-21-14-12-20(13-15-21)26(28)30-24-16-9-18(2)22-5-3-4-6-23(22)24/h3-6,9,16-17,19-21H,7-8,10-15H2,1-2H3. The zero-order valence-corrected chi connectivity index (χ0v) is 18.1. The second kappa shape index (κ2) is 9.20. The summed E-state index contributed by atoms with van der Waals surface area (Å²) in [5.41, 5.74) is 1.17. The maximum Gasteiger partial charge on any atom is 0.314 e. The zero-order chi connectivity index (χ0) is 21.1. The van der Waals surface area contributed by atoms with Crippen molar-refractivity contribution in [2.24, 2.45) is 17.8 Å². The zero-order valence-electron chi connectivity index (χ0n) is 18.1. The summed E-state index contributed by atoms with van der Waals surface area (Å²) in [5, 5.41) is 2.07. The van der Waals surface area contributed by atoms with E-state index in [2.05, 4.69) is 19.9 Å². The average molecular weight is 409 g/mol. The van der Waals surface area contributed by atoms with Crippen LogP contribution in [0.2, 0.25) is 0 Å². The van der Waals surface area contributed by atoms with Gasteiger partial charge in [-0.1, -0.05) is 37.3 Å². The molecule has 0 amide bonds. The quantitative estimate of drug-likeness (QED) is 0.461. The van der Waals surface area contributed by atoms with Gasteiger partial charge in [0.1, 0.15) is 11.9 Å². The molecule has 2 fully saturated rings. The Morgan fingerprint density at radius 1 is 0.767 bits per heavy atom. The molecule has 0 unspecified atom stereocenters. The average Bonchev–Trinajstić information content (AvgIpc) is 2.77. The highest BCUT2D eigenvalue weighted by molar-refractivity contribution is 5.92. The number of carbonyl (C=O) groups excluding carboxylic acids is 2.